The Balaban J connectivity index is 1.38. The number of hydrogen-bond donors (Lipinski definition) is 3. The van der Waals surface area contributed by atoms with Crippen LogP contribution in [0.1, 0.15) is 53.8 Å². The molecular weight excluding hydrogens is 719 g/mol. The van der Waals surface area contributed by atoms with E-state index in [-0.39, 0.29) is 70.3 Å². The van der Waals surface area contributed by atoms with E-state index in [9.17, 15) is 37.8 Å². The number of nitrogens with zero attached hydrogens (tertiary/aromatic N) is 6. The van der Waals surface area contributed by atoms with Crippen molar-refractivity contribution >= 4 is 46.0 Å². The number of halogens is 4. The molecule has 13 nitrogen and oxygen atoms in total. The van der Waals surface area contributed by atoms with Gasteiger partial charge in [0.15, 0.2) is 17.1 Å². The number of aromatic hydroxyl groups is 1. The van der Waals surface area contributed by atoms with Crippen LogP contribution in [0, 0.1) is 13.8 Å². The lowest BCUT2D eigenvalue weighted by molar-refractivity contribution is -0.137. The molecule has 0 bridgehead atoms. The number of benzene rings is 2. The summed E-state index contributed by atoms with van der Waals surface area (Å²) < 4.78 is 47.2. The van der Waals surface area contributed by atoms with Gasteiger partial charge < -0.3 is 34.3 Å². The minimum atomic E-state index is -4.63. The first-order valence-electron chi connectivity index (χ1n) is 16.5. The van der Waals surface area contributed by atoms with Crippen molar-refractivity contribution < 1.29 is 37.4 Å². The van der Waals surface area contributed by atoms with Crippen LogP contribution in [0.3, 0.4) is 0 Å². The van der Waals surface area contributed by atoms with Crippen LogP contribution in [0.5, 0.6) is 5.75 Å². The molecule has 1 fully saturated rings. The third-order valence-electron chi connectivity index (χ3n) is 9.16. The van der Waals surface area contributed by atoms with E-state index < -0.39 is 47.2 Å². The van der Waals surface area contributed by atoms with Crippen molar-refractivity contribution in [3.05, 3.63) is 92.2 Å². The summed E-state index contributed by atoms with van der Waals surface area (Å²) in [5.41, 5.74) is -0.992. The maximum atomic E-state index is 14.2. The molecule has 4 heterocycles. The lowest BCUT2D eigenvalue weighted by Crippen LogP contribution is -2.55. The lowest BCUT2D eigenvalue weighted by atomic mass is 9.97. The molecule has 3 N–H and O–H groups in total. The summed E-state index contributed by atoms with van der Waals surface area (Å²) in [7, 11) is 0. The minimum Gasteiger partial charge on any atom is -0.504 e. The van der Waals surface area contributed by atoms with Gasteiger partial charge in [-0.15, -0.1) is 0 Å². The van der Waals surface area contributed by atoms with E-state index in [1.54, 1.807) is 63.8 Å². The van der Waals surface area contributed by atoms with Crippen molar-refractivity contribution in [2.75, 3.05) is 29.9 Å². The first-order chi connectivity index (χ1) is 24.8. The molecule has 6 rings (SSSR count). The fourth-order valence-corrected chi connectivity index (χ4v) is 6.49. The quantitative estimate of drug-likeness (QED) is 0.189. The standard InChI is InChI=1S/C36H35ClF3N7O6/c1-18-15-45(12-13-46(18)34(51)27-29(49)19(2)41-17-42-27)28-20(3)47(16-26(48)43-25-11-10-23(14-24(25)37)36(38,39)40)32-31(30(28)50)53-33(44-32)21-6-8-22(9-7-21)35(4,5)52/h6-11,14,17-18,49,52H,12-13,15-16H2,1-5H3,(H,43,48)/t18-/m1/s1. The minimum absolute atomic E-state index is 0.0444. The molecule has 3 aromatic heterocycles. The van der Waals surface area contributed by atoms with Gasteiger partial charge in [0.25, 0.3) is 5.91 Å². The van der Waals surface area contributed by atoms with Crippen LogP contribution in [0.25, 0.3) is 22.7 Å². The summed E-state index contributed by atoms with van der Waals surface area (Å²) in [4.78, 5) is 56.9. The highest BCUT2D eigenvalue weighted by atomic mass is 35.5. The zero-order valence-electron chi connectivity index (χ0n) is 29.2. The highest BCUT2D eigenvalue weighted by Gasteiger charge is 2.34. The Morgan fingerprint density at radius 3 is 2.36 bits per heavy atom. The van der Waals surface area contributed by atoms with Gasteiger partial charge in [-0.3, -0.25) is 14.4 Å². The normalized spacial score (nSPS) is 15.2. The van der Waals surface area contributed by atoms with Crippen molar-refractivity contribution in [3.63, 3.8) is 0 Å². The number of carbonyl (C=O) groups excluding carboxylic acids is 2. The molecule has 1 aliphatic rings. The average molecular weight is 754 g/mol. The van der Waals surface area contributed by atoms with E-state index in [0.29, 0.717) is 22.9 Å². The summed E-state index contributed by atoms with van der Waals surface area (Å²) in [6.45, 7) is 8.34. The predicted molar refractivity (Wildman–Crippen MR) is 190 cm³/mol. The van der Waals surface area contributed by atoms with Crippen LogP contribution < -0.4 is 15.6 Å². The first kappa shape index (κ1) is 37.3. The molecule has 2 amide bonds. The Kier molecular flexibility index (Phi) is 9.72. The van der Waals surface area contributed by atoms with Gasteiger partial charge in [-0.05, 0) is 70.5 Å². The summed E-state index contributed by atoms with van der Waals surface area (Å²) >= 11 is 6.11. The van der Waals surface area contributed by atoms with Gasteiger partial charge in [0.05, 0.1) is 27.6 Å². The smallest absolute Gasteiger partial charge is 0.416 e. The average Bonchev–Trinajstić information content (AvgIpc) is 3.54. The first-order valence-corrected chi connectivity index (χ1v) is 16.8. The van der Waals surface area contributed by atoms with E-state index >= 15 is 0 Å². The van der Waals surface area contributed by atoms with Gasteiger partial charge in [0.1, 0.15) is 18.6 Å². The highest BCUT2D eigenvalue weighted by molar-refractivity contribution is 6.33. The Morgan fingerprint density at radius 2 is 1.74 bits per heavy atom. The number of carbonyl (C=O) groups is 2. The maximum absolute atomic E-state index is 14.2. The number of fused-ring (bicyclic) bond motifs is 1. The molecule has 1 saturated heterocycles. The number of anilines is 2. The number of aromatic nitrogens is 4. The number of oxazole rings is 1. The predicted octanol–water partition coefficient (Wildman–Crippen LogP) is 5.66. The van der Waals surface area contributed by atoms with Crippen molar-refractivity contribution in [1.29, 1.82) is 0 Å². The molecule has 5 aromatic rings. The summed E-state index contributed by atoms with van der Waals surface area (Å²) in [5.74, 6) is -1.42. The second kappa shape index (κ2) is 13.8. The Hall–Kier alpha value is -5.48. The molecule has 0 unspecified atom stereocenters. The molecule has 0 aliphatic carbocycles. The SMILES string of the molecule is Cc1ncnc(C(=O)N2CCN(c3c(C)n(CC(=O)Nc4ccc(C(F)(F)F)cc4Cl)c4nc(-c5ccc(C(C)(C)O)cc5)oc4c3=O)C[C@H]2C)c1O. The van der Waals surface area contributed by atoms with Crippen molar-refractivity contribution in [3.8, 4) is 17.2 Å². The van der Waals surface area contributed by atoms with Crippen LogP contribution in [0.4, 0.5) is 24.5 Å². The summed E-state index contributed by atoms with van der Waals surface area (Å²) in [6, 6.07) is 8.84. The van der Waals surface area contributed by atoms with Crippen molar-refractivity contribution in [1.82, 2.24) is 24.4 Å². The lowest BCUT2D eigenvalue weighted by Gasteiger charge is -2.41. The van der Waals surface area contributed by atoms with Gasteiger partial charge >= 0.3 is 6.18 Å². The van der Waals surface area contributed by atoms with E-state index in [4.69, 9.17) is 16.0 Å². The van der Waals surface area contributed by atoms with Crippen LogP contribution in [0.2, 0.25) is 5.02 Å². The van der Waals surface area contributed by atoms with Crippen LogP contribution in [-0.2, 0) is 23.1 Å². The van der Waals surface area contributed by atoms with Gasteiger partial charge in [-0.25, -0.2) is 9.97 Å². The van der Waals surface area contributed by atoms with Gasteiger partial charge in [0.2, 0.25) is 22.8 Å². The monoisotopic (exact) mass is 753 g/mol. The zero-order valence-corrected chi connectivity index (χ0v) is 30.0. The van der Waals surface area contributed by atoms with Gasteiger partial charge in [-0.2, -0.15) is 18.2 Å². The molecule has 53 heavy (non-hydrogen) atoms. The molecule has 0 spiro atoms. The Bertz CT molecular complexity index is 2300. The summed E-state index contributed by atoms with van der Waals surface area (Å²) in [5, 5.41) is 23.1. The number of aliphatic hydroxyl groups is 1. The molecular formula is C36H35ClF3N7O6. The molecule has 2 aromatic carbocycles. The molecule has 17 heteroatoms. The molecule has 1 aliphatic heterocycles. The second-order valence-corrected chi connectivity index (χ2v) is 13.8. The van der Waals surface area contributed by atoms with Crippen molar-refractivity contribution in [2.45, 2.75) is 59.0 Å². The topological polar surface area (TPSA) is 167 Å². The highest BCUT2D eigenvalue weighted by Crippen LogP contribution is 2.34. The number of piperazine rings is 1. The number of amides is 2. The third kappa shape index (κ3) is 7.28. The van der Waals surface area contributed by atoms with E-state index in [1.165, 1.54) is 15.8 Å². The zero-order chi connectivity index (χ0) is 38.6. The second-order valence-electron chi connectivity index (χ2n) is 13.3. The molecule has 278 valence electrons. The fourth-order valence-electron chi connectivity index (χ4n) is 6.26. The Morgan fingerprint density at radius 1 is 1.06 bits per heavy atom. The number of rotatable bonds is 7. The van der Waals surface area contributed by atoms with Gasteiger partial charge in [-0.1, -0.05) is 23.7 Å². The van der Waals surface area contributed by atoms with Crippen LogP contribution in [0.15, 0.2) is 58.0 Å². The number of pyridine rings is 1. The molecule has 0 saturated carbocycles. The van der Waals surface area contributed by atoms with Crippen LogP contribution in [-0.4, -0.2) is 72.1 Å². The number of alkyl halides is 3. The molecule has 0 radical (unpaired) electrons. The van der Waals surface area contributed by atoms with E-state index in [2.05, 4.69) is 20.3 Å². The number of aryl methyl sites for hydroxylation is 1. The number of nitrogens with one attached hydrogen (secondary N) is 1. The Labute approximate surface area is 305 Å². The van der Waals surface area contributed by atoms with E-state index in [0.717, 1.165) is 12.1 Å². The largest absolute Gasteiger partial charge is 0.504 e. The fraction of sp³-hybridized carbons (Fsp3) is 0.333. The maximum Gasteiger partial charge on any atom is 0.416 e. The van der Waals surface area contributed by atoms with Gasteiger partial charge in [0, 0.05) is 36.9 Å². The molecule has 1 atom stereocenters. The summed E-state index contributed by atoms with van der Waals surface area (Å²) in [6.07, 6.45) is -3.44. The van der Waals surface area contributed by atoms with E-state index in [1.807, 2.05) is 0 Å². The van der Waals surface area contributed by atoms with Crippen molar-refractivity contribution in [2.24, 2.45) is 0 Å². The third-order valence-corrected chi connectivity index (χ3v) is 9.47. The number of hydrogen-bond acceptors (Lipinski definition) is 10. The van der Waals surface area contributed by atoms with Crippen LogP contribution >= 0.6 is 11.6 Å².